The summed E-state index contributed by atoms with van der Waals surface area (Å²) in [6.45, 7) is 3.90. The molecule has 0 saturated heterocycles. The molecule has 112 valence electrons. The molecule has 0 aromatic rings. The summed E-state index contributed by atoms with van der Waals surface area (Å²) < 4.78 is 15.3. The summed E-state index contributed by atoms with van der Waals surface area (Å²) >= 11 is 0. The van der Waals surface area contributed by atoms with Crippen LogP contribution in [-0.2, 0) is 19.0 Å². The number of esters is 1. The van der Waals surface area contributed by atoms with Gasteiger partial charge in [0.05, 0.1) is 19.8 Å². The Morgan fingerprint density at radius 2 is 1.84 bits per heavy atom. The summed E-state index contributed by atoms with van der Waals surface area (Å²) in [6, 6.07) is 0. The minimum atomic E-state index is -0.780. The molecule has 5 heteroatoms. The van der Waals surface area contributed by atoms with Crippen LogP contribution in [0.1, 0.15) is 39.0 Å². The predicted octanol–water partition coefficient (Wildman–Crippen LogP) is 1.49. The summed E-state index contributed by atoms with van der Waals surface area (Å²) in [5.74, 6) is 0.430. The van der Waals surface area contributed by atoms with Crippen molar-refractivity contribution in [3.63, 3.8) is 0 Å². The van der Waals surface area contributed by atoms with E-state index in [1.165, 1.54) is 6.42 Å². The Labute approximate surface area is 115 Å². The van der Waals surface area contributed by atoms with Gasteiger partial charge in [-0.3, -0.25) is 4.79 Å². The van der Waals surface area contributed by atoms with Crippen molar-refractivity contribution in [2.24, 2.45) is 11.7 Å². The fourth-order valence-electron chi connectivity index (χ4n) is 2.39. The molecule has 0 radical (unpaired) electrons. The lowest BCUT2D eigenvalue weighted by Gasteiger charge is -2.34. The molecule has 1 aliphatic carbocycles. The lowest BCUT2D eigenvalue weighted by Crippen LogP contribution is -2.51. The second kappa shape index (κ2) is 8.51. The first-order valence-corrected chi connectivity index (χ1v) is 7.15. The van der Waals surface area contributed by atoms with E-state index in [9.17, 15) is 4.79 Å². The Bertz CT molecular complexity index is 262. The van der Waals surface area contributed by atoms with Crippen LogP contribution in [0, 0.1) is 5.92 Å². The van der Waals surface area contributed by atoms with Crippen LogP contribution in [0.3, 0.4) is 0 Å². The Hall–Kier alpha value is -0.650. The van der Waals surface area contributed by atoms with E-state index in [-0.39, 0.29) is 12.6 Å². The van der Waals surface area contributed by atoms with E-state index in [0.717, 1.165) is 25.7 Å². The summed E-state index contributed by atoms with van der Waals surface area (Å²) in [6.07, 6.45) is 4.67. The molecule has 0 aliphatic heterocycles. The lowest BCUT2D eigenvalue weighted by atomic mass is 9.76. The van der Waals surface area contributed by atoms with Crippen LogP contribution in [0.25, 0.3) is 0 Å². The number of ether oxygens (including phenoxy) is 3. The Kier molecular flexibility index (Phi) is 7.34. The van der Waals surface area contributed by atoms with Gasteiger partial charge in [0.1, 0.15) is 12.1 Å². The molecule has 0 unspecified atom stereocenters. The minimum absolute atomic E-state index is 0.263. The van der Waals surface area contributed by atoms with Gasteiger partial charge >= 0.3 is 5.97 Å². The first-order valence-electron chi connectivity index (χ1n) is 7.15. The summed E-state index contributed by atoms with van der Waals surface area (Å²) in [4.78, 5) is 12.0. The van der Waals surface area contributed by atoms with Crippen LogP contribution < -0.4 is 5.73 Å². The molecule has 1 saturated carbocycles. The minimum Gasteiger partial charge on any atom is -0.462 e. The van der Waals surface area contributed by atoms with Gasteiger partial charge in [0.15, 0.2) is 0 Å². The molecular weight excluding hydrogens is 246 g/mol. The van der Waals surface area contributed by atoms with Crippen LogP contribution in [-0.4, -0.2) is 45.0 Å². The van der Waals surface area contributed by atoms with Crippen molar-refractivity contribution in [3.8, 4) is 0 Å². The Morgan fingerprint density at radius 3 is 2.42 bits per heavy atom. The molecule has 0 aromatic carbocycles. The smallest absolute Gasteiger partial charge is 0.326 e. The number of hydrogen-bond acceptors (Lipinski definition) is 5. The second-order valence-corrected chi connectivity index (χ2v) is 5.25. The van der Waals surface area contributed by atoms with E-state index >= 15 is 0 Å². The number of nitrogens with two attached hydrogens (primary N) is 1. The fraction of sp³-hybridized carbons (Fsp3) is 0.929. The van der Waals surface area contributed by atoms with E-state index in [0.29, 0.717) is 25.7 Å². The number of methoxy groups -OCH3 is 1. The molecule has 19 heavy (non-hydrogen) atoms. The Morgan fingerprint density at radius 1 is 1.21 bits per heavy atom. The van der Waals surface area contributed by atoms with Crippen molar-refractivity contribution in [1.82, 2.24) is 0 Å². The molecule has 0 atom stereocenters. The molecule has 1 aliphatic rings. The van der Waals surface area contributed by atoms with Crippen LogP contribution in [0.15, 0.2) is 0 Å². The van der Waals surface area contributed by atoms with Gasteiger partial charge in [-0.2, -0.15) is 0 Å². The standard InChI is InChI=1S/C14H27NO4/c1-3-12-4-6-14(15,7-5-12)13(16)19-11-10-18-9-8-17-2/h12H,3-11,15H2,1-2H3. The van der Waals surface area contributed by atoms with E-state index in [2.05, 4.69) is 6.92 Å². The van der Waals surface area contributed by atoms with Gasteiger partial charge in [-0.15, -0.1) is 0 Å². The molecule has 0 amide bonds. The number of hydrogen-bond donors (Lipinski definition) is 1. The molecule has 0 spiro atoms. The van der Waals surface area contributed by atoms with E-state index in [4.69, 9.17) is 19.9 Å². The highest BCUT2D eigenvalue weighted by Crippen LogP contribution is 2.32. The molecule has 2 N–H and O–H groups in total. The first-order chi connectivity index (χ1) is 9.12. The SMILES string of the molecule is CCC1CCC(N)(C(=O)OCCOCCOC)CC1. The largest absolute Gasteiger partial charge is 0.462 e. The third-order valence-corrected chi connectivity index (χ3v) is 3.87. The molecular formula is C14H27NO4. The zero-order valence-corrected chi connectivity index (χ0v) is 12.2. The highest BCUT2D eigenvalue weighted by molar-refractivity contribution is 5.80. The van der Waals surface area contributed by atoms with Gasteiger partial charge in [-0.05, 0) is 31.6 Å². The van der Waals surface area contributed by atoms with Crippen LogP contribution in [0.5, 0.6) is 0 Å². The molecule has 1 rings (SSSR count). The average molecular weight is 273 g/mol. The highest BCUT2D eigenvalue weighted by atomic mass is 16.6. The van der Waals surface area contributed by atoms with Crippen molar-refractivity contribution >= 4 is 5.97 Å². The van der Waals surface area contributed by atoms with Crippen LogP contribution in [0.2, 0.25) is 0 Å². The van der Waals surface area contributed by atoms with Crippen LogP contribution in [0.4, 0.5) is 0 Å². The van der Waals surface area contributed by atoms with E-state index < -0.39 is 5.54 Å². The van der Waals surface area contributed by atoms with Crippen molar-refractivity contribution in [2.45, 2.75) is 44.6 Å². The van der Waals surface area contributed by atoms with E-state index in [1.807, 2.05) is 0 Å². The molecule has 0 bridgehead atoms. The zero-order chi connectivity index (χ0) is 14.1. The lowest BCUT2D eigenvalue weighted by molar-refractivity contribution is -0.153. The molecule has 1 fully saturated rings. The highest BCUT2D eigenvalue weighted by Gasteiger charge is 2.39. The van der Waals surface area contributed by atoms with Gasteiger partial charge in [0.2, 0.25) is 0 Å². The fourth-order valence-corrected chi connectivity index (χ4v) is 2.39. The maximum Gasteiger partial charge on any atom is 0.326 e. The Balaban J connectivity index is 2.18. The van der Waals surface area contributed by atoms with Crippen LogP contribution >= 0.6 is 0 Å². The molecule has 0 heterocycles. The van der Waals surface area contributed by atoms with Crippen molar-refractivity contribution in [2.75, 3.05) is 33.5 Å². The summed E-state index contributed by atoms with van der Waals surface area (Å²) in [5.41, 5.74) is 5.37. The second-order valence-electron chi connectivity index (χ2n) is 5.25. The van der Waals surface area contributed by atoms with Crippen molar-refractivity contribution in [3.05, 3.63) is 0 Å². The van der Waals surface area contributed by atoms with Gasteiger partial charge in [-0.1, -0.05) is 13.3 Å². The van der Waals surface area contributed by atoms with E-state index in [1.54, 1.807) is 7.11 Å². The zero-order valence-electron chi connectivity index (χ0n) is 12.2. The number of carbonyl (C=O) groups excluding carboxylic acids is 1. The molecule has 5 nitrogen and oxygen atoms in total. The average Bonchev–Trinajstić information content (AvgIpc) is 2.43. The van der Waals surface area contributed by atoms with Crippen molar-refractivity contribution < 1.29 is 19.0 Å². The van der Waals surface area contributed by atoms with Crippen molar-refractivity contribution in [1.29, 1.82) is 0 Å². The molecule has 0 aromatic heterocycles. The monoisotopic (exact) mass is 273 g/mol. The number of rotatable bonds is 8. The summed E-state index contributed by atoms with van der Waals surface area (Å²) in [5, 5.41) is 0. The van der Waals surface area contributed by atoms with Gasteiger partial charge in [0, 0.05) is 7.11 Å². The van der Waals surface area contributed by atoms with Gasteiger partial charge < -0.3 is 19.9 Å². The predicted molar refractivity (Wildman–Crippen MR) is 72.8 cm³/mol. The van der Waals surface area contributed by atoms with Gasteiger partial charge in [0.25, 0.3) is 0 Å². The quantitative estimate of drug-likeness (QED) is 0.536. The maximum absolute atomic E-state index is 12.0. The third-order valence-electron chi connectivity index (χ3n) is 3.87. The summed E-state index contributed by atoms with van der Waals surface area (Å²) in [7, 11) is 1.62. The normalized spacial score (nSPS) is 27.2. The first kappa shape index (κ1) is 16.4. The van der Waals surface area contributed by atoms with Gasteiger partial charge in [-0.25, -0.2) is 0 Å². The third kappa shape index (κ3) is 5.47. The number of carbonyl (C=O) groups is 1. The maximum atomic E-state index is 12.0. The topological polar surface area (TPSA) is 70.8 Å².